The third-order valence-corrected chi connectivity index (χ3v) is 4.27. The highest BCUT2D eigenvalue weighted by molar-refractivity contribution is 7.09. The van der Waals surface area contributed by atoms with E-state index in [9.17, 15) is 0 Å². The van der Waals surface area contributed by atoms with Crippen molar-refractivity contribution in [2.75, 3.05) is 0 Å². The molecule has 0 aliphatic heterocycles. The number of hydrogen-bond acceptors (Lipinski definition) is 4. The van der Waals surface area contributed by atoms with Gasteiger partial charge in [0.25, 0.3) is 0 Å². The van der Waals surface area contributed by atoms with E-state index < -0.39 is 0 Å². The van der Waals surface area contributed by atoms with E-state index in [1.54, 1.807) is 11.3 Å². The molecule has 1 aromatic carbocycles. The molecule has 0 aliphatic rings. The van der Waals surface area contributed by atoms with Gasteiger partial charge < -0.3 is 9.73 Å². The molecule has 3 rings (SSSR count). The first-order valence-corrected chi connectivity index (χ1v) is 7.23. The summed E-state index contributed by atoms with van der Waals surface area (Å²) in [6, 6.07) is 8.42. The third-order valence-electron chi connectivity index (χ3n) is 3.31. The molecule has 98 valence electrons. The first kappa shape index (κ1) is 12.4. The summed E-state index contributed by atoms with van der Waals surface area (Å²) in [4.78, 5) is 4.33. The van der Waals surface area contributed by atoms with Crippen LogP contribution in [0.25, 0.3) is 11.0 Å². The molecule has 0 aliphatic carbocycles. The number of benzene rings is 1. The lowest BCUT2D eigenvalue weighted by Crippen LogP contribution is -2.18. The fourth-order valence-electron chi connectivity index (χ4n) is 2.23. The van der Waals surface area contributed by atoms with Gasteiger partial charge in [-0.15, -0.1) is 11.3 Å². The summed E-state index contributed by atoms with van der Waals surface area (Å²) >= 11 is 1.68. The predicted molar refractivity (Wildman–Crippen MR) is 78.3 cm³/mol. The number of fused-ring (bicyclic) bond motifs is 1. The van der Waals surface area contributed by atoms with Crippen LogP contribution in [0.15, 0.2) is 40.3 Å². The number of nitrogens with zero attached hydrogens (tertiary/aromatic N) is 1. The van der Waals surface area contributed by atoms with Gasteiger partial charge in [0, 0.05) is 29.1 Å². The van der Waals surface area contributed by atoms with E-state index in [2.05, 4.69) is 23.3 Å². The van der Waals surface area contributed by atoms with E-state index in [-0.39, 0.29) is 6.04 Å². The van der Waals surface area contributed by atoms with Gasteiger partial charge in [-0.1, -0.05) is 18.2 Å². The quantitative estimate of drug-likeness (QED) is 0.778. The van der Waals surface area contributed by atoms with Gasteiger partial charge in [0.1, 0.15) is 16.4 Å². The molecule has 1 N–H and O–H groups in total. The highest BCUT2D eigenvalue weighted by atomic mass is 32.1. The lowest BCUT2D eigenvalue weighted by Gasteiger charge is -2.10. The minimum atomic E-state index is 0.257. The lowest BCUT2D eigenvalue weighted by molar-refractivity contribution is 0.543. The maximum Gasteiger partial charge on any atom is 0.134 e. The summed E-state index contributed by atoms with van der Waals surface area (Å²) in [7, 11) is 0. The van der Waals surface area contributed by atoms with Crippen molar-refractivity contribution in [3.05, 3.63) is 52.2 Å². The third kappa shape index (κ3) is 2.41. The standard InChI is InChI=1S/C15H16N2OS/c1-10(15-16-7-8-19-15)17-9-13-11(2)18-14-6-4-3-5-12(13)14/h3-8,10,17H,9H2,1-2H3. The van der Waals surface area contributed by atoms with Crippen LogP contribution in [0.5, 0.6) is 0 Å². The van der Waals surface area contributed by atoms with Crippen molar-refractivity contribution >= 4 is 22.3 Å². The van der Waals surface area contributed by atoms with Crippen LogP contribution in [0.2, 0.25) is 0 Å². The Morgan fingerprint density at radius 1 is 1.37 bits per heavy atom. The minimum Gasteiger partial charge on any atom is -0.461 e. The Bertz CT molecular complexity index is 673. The number of furan rings is 1. The average Bonchev–Trinajstić information content (AvgIpc) is 3.03. The van der Waals surface area contributed by atoms with Crippen molar-refractivity contribution in [1.82, 2.24) is 10.3 Å². The molecule has 0 spiro atoms. The van der Waals surface area contributed by atoms with E-state index in [0.717, 1.165) is 22.9 Å². The Kier molecular flexibility index (Phi) is 3.36. The second kappa shape index (κ2) is 5.15. The molecular weight excluding hydrogens is 256 g/mol. The molecule has 19 heavy (non-hydrogen) atoms. The van der Waals surface area contributed by atoms with E-state index in [0.29, 0.717) is 0 Å². The van der Waals surface area contributed by atoms with Crippen LogP contribution in [0, 0.1) is 6.92 Å². The van der Waals surface area contributed by atoms with Crippen molar-refractivity contribution in [1.29, 1.82) is 0 Å². The number of rotatable bonds is 4. The molecular formula is C15H16N2OS. The monoisotopic (exact) mass is 272 g/mol. The highest BCUT2D eigenvalue weighted by Gasteiger charge is 2.12. The van der Waals surface area contributed by atoms with Crippen molar-refractivity contribution in [2.45, 2.75) is 26.4 Å². The molecule has 3 aromatic rings. The Balaban J connectivity index is 1.80. The summed E-state index contributed by atoms with van der Waals surface area (Å²) in [5, 5.41) is 7.82. The zero-order valence-electron chi connectivity index (χ0n) is 11.0. The van der Waals surface area contributed by atoms with Crippen molar-refractivity contribution in [3.8, 4) is 0 Å². The average molecular weight is 272 g/mol. The molecule has 2 aromatic heterocycles. The molecule has 4 heteroatoms. The largest absolute Gasteiger partial charge is 0.461 e. The Morgan fingerprint density at radius 2 is 2.21 bits per heavy atom. The number of nitrogens with one attached hydrogen (secondary N) is 1. The lowest BCUT2D eigenvalue weighted by atomic mass is 10.1. The summed E-state index contributed by atoms with van der Waals surface area (Å²) in [6.45, 7) is 4.95. The van der Waals surface area contributed by atoms with Gasteiger partial charge in [0.15, 0.2) is 0 Å². The Morgan fingerprint density at radius 3 is 3.00 bits per heavy atom. The van der Waals surface area contributed by atoms with Crippen LogP contribution in [0.1, 0.15) is 29.3 Å². The summed E-state index contributed by atoms with van der Waals surface area (Å²) < 4.78 is 5.77. The van der Waals surface area contributed by atoms with Gasteiger partial charge in [-0.25, -0.2) is 4.98 Å². The number of para-hydroxylation sites is 1. The maximum atomic E-state index is 5.77. The zero-order valence-corrected chi connectivity index (χ0v) is 11.8. The molecule has 1 unspecified atom stereocenters. The van der Waals surface area contributed by atoms with Gasteiger partial charge in [0.2, 0.25) is 0 Å². The van der Waals surface area contributed by atoms with Crippen LogP contribution in [0.3, 0.4) is 0 Å². The molecule has 0 saturated heterocycles. The molecule has 3 nitrogen and oxygen atoms in total. The summed E-state index contributed by atoms with van der Waals surface area (Å²) in [5.74, 6) is 0.986. The van der Waals surface area contributed by atoms with Crippen molar-refractivity contribution < 1.29 is 4.42 Å². The highest BCUT2D eigenvalue weighted by Crippen LogP contribution is 2.26. The number of aromatic nitrogens is 1. The van der Waals surface area contributed by atoms with Crippen LogP contribution >= 0.6 is 11.3 Å². The fraction of sp³-hybridized carbons (Fsp3) is 0.267. The van der Waals surface area contributed by atoms with Gasteiger partial charge in [-0.05, 0) is 19.9 Å². The van der Waals surface area contributed by atoms with Crippen LogP contribution in [-0.4, -0.2) is 4.98 Å². The molecule has 0 bridgehead atoms. The smallest absolute Gasteiger partial charge is 0.134 e. The molecule has 1 atom stereocenters. The van der Waals surface area contributed by atoms with Gasteiger partial charge >= 0.3 is 0 Å². The normalized spacial score (nSPS) is 12.9. The topological polar surface area (TPSA) is 38.1 Å². The maximum absolute atomic E-state index is 5.77. The molecule has 0 amide bonds. The minimum absolute atomic E-state index is 0.257. The number of aryl methyl sites for hydroxylation is 1. The summed E-state index contributed by atoms with van der Waals surface area (Å²) in [6.07, 6.45) is 1.84. The first-order chi connectivity index (χ1) is 9.25. The second-order valence-electron chi connectivity index (χ2n) is 4.61. The van der Waals surface area contributed by atoms with Crippen LogP contribution in [-0.2, 0) is 6.54 Å². The molecule has 0 radical (unpaired) electrons. The molecule has 0 fully saturated rings. The fourth-order valence-corrected chi connectivity index (χ4v) is 2.90. The summed E-state index contributed by atoms with van der Waals surface area (Å²) in [5.41, 5.74) is 2.19. The Labute approximate surface area is 116 Å². The number of thiazole rings is 1. The SMILES string of the molecule is Cc1oc2ccccc2c1CNC(C)c1nccs1. The van der Waals surface area contributed by atoms with Crippen molar-refractivity contribution in [3.63, 3.8) is 0 Å². The first-order valence-electron chi connectivity index (χ1n) is 6.35. The van der Waals surface area contributed by atoms with E-state index in [1.807, 2.05) is 36.7 Å². The van der Waals surface area contributed by atoms with E-state index in [1.165, 1.54) is 10.9 Å². The van der Waals surface area contributed by atoms with Crippen LogP contribution in [0.4, 0.5) is 0 Å². The van der Waals surface area contributed by atoms with Gasteiger partial charge in [0.05, 0.1) is 6.04 Å². The van der Waals surface area contributed by atoms with Crippen molar-refractivity contribution in [2.24, 2.45) is 0 Å². The molecule has 2 heterocycles. The zero-order chi connectivity index (χ0) is 13.2. The van der Waals surface area contributed by atoms with Crippen LogP contribution < -0.4 is 5.32 Å². The molecule has 0 saturated carbocycles. The predicted octanol–water partition coefficient (Wildman–Crippen LogP) is 4.05. The van der Waals surface area contributed by atoms with Gasteiger partial charge in [-0.2, -0.15) is 0 Å². The second-order valence-corrected chi connectivity index (χ2v) is 5.53. The van der Waals surface area contributed by atoms with E-state index in [4.69, 9.17) is 4.42 Å². The van der Waals surface area contributed by atoms with Gasteiger partial charge in [-0.3, -0.25) is 0 Å². The van der Waals surface area contributed by atoms with E-state index >= 15 is 0 Å². The number of hydrogen-bond donors (Lipinski definition) is 1. The Hall–Kier alpha value is -1.65.